The predicted molar refractivity (Wildman–Crippen MR) is 103 cm³/mol. The molecular formula is C18H27Cl2N3O2. The van der Waals surface area contributed by atoms with Gasteiger partial charge in [-0.3, -0.25) is 9.69 Å². The molecule has 25 heavy (non-hydrogen) atoms. The van der Waals surface area contributed by atoms with E-state index in [4.69, 9.17) is 16.3 Å². The smallest absolute Gasteiger partial charge is 0.263 e. The first kappa shape index (κ1) is 20.3. The third-order valence-electron chi connectivity index (χ3n) is 4.90. The van der Waals surface area contributed by atoms with Crippen molar-refractivity contribution in [2.75, 3.05) is 39.3 Å². The molecule has 0 aliphatic carbocycles. The topological polar surface area (TPSA) is 44.8 Å². The minimum Gasteiger partial charge on any atom is -0.479 e. The van der Waals surface area contributed by atoms with Gasteiger partial charge >= 0.3 is 0 Å². The summed E-state index contributed by atoms with van der Waals surface area (Å²) in [5, 5.41) is 3.92. The van der Waals surface area contributed by atoms with E-state index >= 15 is 0 Å². The van der Waals surface area contributed by atoms with Gasteiger partial charge in [-0.15, -0.1) is 12.4 Å². The second-order valence-electron chi connectivity index (χ2n) is 6.46. The van der Waals surface area contributed by atoms with E-state index in [2.05, 4.69) is 10.2 Å². The summed E-state index contributed by atoms with van der Waals surface area (Å²) in [7, 11) is 0. The Morgan fingerprint density at radius 1 is 1.32 bits per heavy atom. The van der Waals surface area contributed by atoms with Crippen LogP contribution in [0.1, 0.15) is 19.8 Å². The van der Waals surface area contributed by atoms with Crippen molar-refractivity contribution >= 4 is 29.9 Å². The van der Waals surface area contributed by atoms with Crippen molar-refractivity contribution in [3.8, 4) is 5.75 Å². The number of rotatable bonds is 5. The number of nitrogens with zero attached hydrogens (tertiary/aromatic N) is 2. The molecule has 0 aromatic heterocycles. The Bertz CT molecular complexity index is 567. The first-order valence-corrected chi connectivity index (χ1v) is 9.21. The molecule has 2 saturated heterocycles. The SMILES string of the molecule is CCC(Oc1ccccc1Cl)C(=O)N1CCC(N2CCNCC2)C1.Cl. The van der Waals surface area contributed by atoms with Crippen molar-refractivity contribution in [2.45, 2.75) is 31.9 Å². The standard InChI is InChI=1S/C18H26ClN3O2.ClH/c1-2-16(24-17-6-4-3-5-15(17)19)18(23)22-10-7-14(13-22)21-11-8-20-9-12-21;/h3-6,14,16,20H,2,7-13H2,1H3;1H. The molecule has 1 aromatic rings. The fraction of sp³-hybridized carbons (Fsp3) is 0.611. The molecule has 2 aliphatic heterocycles. The zero-order valence-electron chi connectivity index (χ0n) is 14.6. The van der Waals surface area contributed by atoms with Crippen LogP contribution in [0.4, 0.5) is 0 Å². The van der Waals surface area contributed by atoms with Crippen LogP contribution in [0.2, 0.25) is 5.02 Å². The molecule has 7 heteroatoms. The number of amides is 1. The maximum atomic E-state index is 12.8. The summed E-state index contributed by atoms with van der Waals surface area (Å²) in [6.07, 6.45) is 1.22. The van der Waals surface area contributed by atoms with Crippen LogP contribution in [-0.4, -0.2) is 67.1 Å². The first-order valence-electron chi connectivity index (χ1n) is 8.83. The molecule has 0 saturated carbocycles. The van der Waals surface area contributed by atoms with Crippen LogP contribution in [0.3, 0.4) is 0 Å². The Hall–Kier alpha value is -1.01. The molecule has 140 valence electrons. The van der Waals surface area contributed by atoms with Gasteiger partial charge in [-0.1, -0.05) is 30.7 Å². The van der Waals surface area contributed by atoms with Gasteiger partial charge in [0.05, 0.1) is 5.02 Å². The zero-order chi connectivity index (χ0) is 16.9. The Morgan fingerprint density at radius 2 is 2.04 bits per heavy atom. The molecule has 2 aliphatic rings. The second-order valence-corrected chi connectivity index (χ2v) is 6.87. The molecule has 1 aromatic carbocycles. The van der Waals surface area contributed by atoms with Crippen LogP contribution in [0, 0.1) is 0 Å². The van der Waals surface area contributed by atoms with Crippen LogP contribution in [-0.2, 0) is 4.79 Å². The summed E-state index contributed by atoms with van der Waals surface area (Å²) in [4.78, 5) is 17.3. The number of nitrogens with one attached hydrogen (secondary N) is 1. The number of carbonyl (C=O) groups excluding carboxylic acids is 1. The summed E-state index contributed by atoms with van der Waals surface area (Å²) in [5.74, 6) is 0.660. The quantitative estimate of drug-likeness (QED) is 0.842. The average molecular weight is 388 g/mol. The van der Waals surface area contributed by atoms with Crippen molar-refractivity contribution in [3.05, 3.63) is 29.3 Å². The molecule has 5 nitrogen and oxygen atoms in total. The van der Waals surface area contributed by atoms with E-state index in [1.54, 1.807) is 6.07 Å². The minimum atomic E-state index is -0.466. The fourth-order valence-corrected chi connectivity index (χ4v) is 3.67. The van der Waals surface area contributed by atoms with Crippen LogP contribution >= 0.6 is 24.0 Å². The molecular weight excluding hydrogens is 361 g/mol. The highest BCUT2D eigenvalue weighted by atomic mass is 35.5. The van der Waals surface area contributed by atoms with Gasteiger partial charge in [0.2, 0.25) is 0 Å². The summed E-state index contributed by atoms with van der Waals surface area (Å²) < 4.78 is 5.90. The van der Waals surface area contributed by atoms with E-state index in [0.29, 0.717) is 23.2 Å². The summed E-state index contributed by atoms with van der Waals surface area (Å²) in [6, 6.07) is 7.80. The second kappa shape index (κ2) is 9.62. The van der Waals surface area contributed by atoms with Gasteiger partial charge < -0.3 is 15.0 Å². The number of hydrogen-bond donors (Lipinski definition) is 1. The first-order chi connectivity index (χ1) is 11.7. The molecule has 2 heterocycles. The Labute approximate surface area is 161 Å². The van der Waals surface area contributed by atoms with Gasteiger partial charge in [-0.25, -0.2) is 0 Å². The van der Waals surface area contributed by atoms with Crippen molar-refractivity contribution in [3.63, 3.8) is 0 Å². The fourth-order valence-electron chi connectivity index (χ4n) is 3.49. The number of para-hydroxylation sites is 1. The highest BCUT2D eigenvalue weighted by Crippen LogP contribution is 2.26. The van der Waals surface area contributed by atoms with E-state index in [9.17, 15) is 4.79 Å². The molecule has 1 amide bonds. The molecule has 0 radical (unpaired) electrons. The average Bonchev–Trinajstić information content (AvgIpc) is 3.11. The number of benzene rings is 1. The highest BCUT2D eigenvalue weighted by molar-refractivity contribution is 6.32. The van der Waals surface area contributed by atoms with Crippen LogP contribution in [0.25, 0.3) is 0 Å². The number of carbonyl (C=O) groups is 1. The van der Waals surface area contributed by atoms with Crippen molar-refractivity contribution < 1.29 is 9.53 Å². The lowest BCUT2D eigenvalue weighted by Gasteiger charge is -2.32. The number of hydrogen-bond acceptors (Lipinski definition) is 4. The lowest BCUT2D eigenvalue weighted by atomic mass is 10.2. The van der Waals surface area contributed by atoms with E-state index in [1.807, 2.05) is 30.0 Å². The Morgan fingerprint density at radius 3 is 2.72 bits per heavy atom. The number of likely N-dealkylation sites (tertiary alicyclic amines) is 1. The molecule has 1 N–H and O–H groups in total. The summed E-state index contributed by atoms with van der Waals surface area (Å²) in [5.41, 5.74) is 0. The van der Waals surface area contributed by atoms with E-state index < -0.39 is 6.10 Å². The van der Waals surface area contributed by atoms with Crippen LogP contribution in [0.15, 0.2) is 24.3 Å². The monoisotopic (exact) mass is 387 g/mol. The van der Waals surface area contributed by atoms with E-state index in [0.717, 1.165) is 45.7 Å². The number of ether oxygens (including phenoxy) is 1. The van der Waals surface area contributed by atoms with Gasteiger partial charge in [-0.2, -0.15) is 0 Å². The largest absolute Gasteiger partial charge is 0.479 e. The third kappa shape index (κ3) is 5.00. The number of piperazine rings is 1. The van der Waals surface area contributed by atoms with Crippen molar-refractivity contribution in [2.24, 2.45) is 0 Å². The lowest BCUT2D eigenvalue weighted by Crippen LogP contribution is -2.50. The normalized spacial score (nSPS) is 22.3. The molecule has 2 unspecified atom stereocenters. The lowest BCUT2D eigenvalue weighted by molar-refractivity contribution is -0.138. The third-order valence-corrected chi connectivity index (χ3v) is 5.21. The van der Waals surface area contributed by atoms with E-state index in [1.165, 1.54) is 0 Å². The maximum absolute atomic E-state index is 12.8. The Balaban J connectivity index is 0.00000225. The Kier molecular flexibility index (Phi) is 7.81. The maximum Gasteiger partial charge on any atom is 0.263 e. The molecule has 2 fully saturated rings. The van der Waals surface area contributed by atoms with Crippen LogP contribution < -0.4 is 10.1 Å². The summed E-state index contributed by atoms with van der Waals surface area (Å²) in [6.45, 7) is 7.82. The van der Waals surface area contributed by atoms with Crippen LogP contribution in [0.5, 0.6) is 5.75 Å². The zero-order valence-corrected chi connectivity index (χ0v) is 16.2. The molecule has 0 bridgehead atoms. The van der Waals surface area contributed by atoms with Gasteiger partial charge in [-0.05, 0) is 25.0 Å². The molecule has 3 rings (SSSR count). The van der Waals surface area contributed by atoms with Gasteiger partial charge in [0.15, 0.2) is 6.10 Å². The van der Waals surface area contributed by atoms with Gasteiger partial charge in [0.25, 0.3) is 5.91 Å². The molecule has 0 spiro atoms. The van der Waals surface area contributed by atoms with Crippen molar-refractivity contribution in [1.29, 1.82) is 0 Å². The highest BCUT2D eigenvalue weighted by Gasteiger charge is 2.34. The van der Waals surface area contributed by atoms with Crippen molar-refractivity contribution in [1.82, 2.24) is 15.1 Å². The number of halogens is 2. The summed E-state index contributed by atoms with van der Waals surface area (Å²) >= 11 is 6.15. The predicted octanol–water partition coefficient (Wildman–Crippen LogP) is 2.43. The molecule has 2 atom stereocenters. The van der Waals surface area contributed by atoms with Gasteiger partial charge in [0.1, 0.15) is 5.75 Å². The van der Waals surface area contributed by atoms with E-state index in [-0.39, 0.29) is 18.3 Å². The van der Waals surface area contributed by atoms with Gasteiger partial charge in [0, 0.05) is 45.3 Å². The minimum absolute atomic E-state index is 0.